The predicted octanol–water partition coefficient (Wildman–Crippen LogP) is 2.32. The SMILES string of the molecule is CC.Cc1ccc2nc(C3CC3)n(N)c(=O)c2c1. The molecule has 1 fully saturated rings. The fourth-order valence-corrected chi connectivity index (χ4v) is 1.96. The fourth-order valence-electron chi connectivity index (χ4n) is 1.96. The van der Waals surface area contributed by atoms with Gasteiger partial charge in [-0.1, -0.05) is 25.5 Å². The third kappa shape index (κ3) is 2.10. The number of hydrogen-bond donors (Lipinski definition) is 1. The van der Waals surface area contributed by atoms with E-state index in [2.05, 4.69) is 4.98 Å². The Bertz CT molecular complexity index is 627. The molecule has 0 saturated heterocycles. The van der Waals surface area contributed by atoms with Gasteiger partial charge < -0.3 is 5.84 Å². The molecule has 2 aromatic rings. The van der Waals surface area contributed by atoms with Crippen molar-refractivity contribution in [1.82, 2.24) is 9.66 Å². The molecule has 0 amide bonds. The first kappa shape index (κ1) is 12.6. The molecule has 0 unspecified atom stereocenters. The van der Waals surface area contributed by atoms with Crippen LogP contribution in [0.3, 0.4) is 0 Å². The van der Waals surface area contributed by atoms with Gasteiger partial charge in [0.25, 0.3) is 5.56 Å². The lowest BCUT2D eigenvalue weighted by molar-refractivity contribution is 0.791. The van der Waals surface area contributed by atoms with Crippen molar-refractivity contribution in [2.75, 3.05) is 5.84 Å². The maximum Gasteiger partial charge on any atom is 0.279 e. The molecule has 96 valence electrons. The summed E-state index contributed by atoms with van der Waals surface area (Å²) in [5.74, 6) is 6.88. The molecule has 4 nitrogen and oxygen atoms in total. The summed E-state index contributed by atoms with van der Waals surface area (Å²) in [5, 5.41) is 0.604. The lowest BCUT2D eigenvalue weighted by atomic mass is 10.1. The van der Waals surface area contributed by atoms with E-state index < -0.39 is 0 Å². The molecule has 0 atom stereocenters. The van der Waals surface area contributed by atoms with Crippen LogP contribution in [0.25, 0.3) is 10.9 Å². The van der Waals surface area contributed by atoms with Crippen LogP contribution in [0.15, 0.2) is 23.0 Å². The van der Waals surface area contributed by atoms with Gasteiger partial charge in [0.2, 0.25) is 0 Å². The van der Waals surface area contributed by atoms with Crippen molar-refractivity contribution in [3.8, 4) is 0 Å². The van der Waals surface area contributed by atoms with Gasteiger partial charge in [0.05, 0.1) is 10.9 Å². The highest BCUT2D eigenvalue weighted by molar-refractivity contribution is 5.78. The zero-order valence-corrected chi connectivity index (χ0v) is 11.1. The number of fused-ring (bicyclic) bond motifs is 1. The number of benzene rings is 1. The zero-order chi connectivity index (χ0) is 13.3. The second-order valence-corrected chi connectivity index (χ2v) is 4.44. The highest BCUT2D eigenvalue weighted by Crippen LogP contribution is 2.38. The van der Waals surface area contributed by atoms with Gasteiger partial charge in [-0.15, -0.1) is 0 Å². The molecule has 1 aliphatic rings. The summed E-state index contributed by atoms with van der Waals surface area (Å²) in [6.07, 6.45) is 2.17. The third-order valence-electron chi connectivity index (χ3n) is 3.03. The molecule has 0 spiro atoms. The zero-order valence-electron chi connectivity index (χ0n) is 11.1. The molecule has 1 saturated carbocycles. The number of aromatic nitrogens is 2. The van der Waals surface area contributed by atoms with E-state index in [1.54, 1.807) is 0 Å². The minimum Gasteiger partial charge on any atom is -0.335 e. The Kier molecular flexibility index (Phi) is 3.36. The summed E-state index contributed by atoms with van der Waals surface area (Å²) >= 11 is 0. The second-order valence-electron chi connectivity index (χ2n) is 4.44. The van der Waals surface area contributed by atoms with E-state index in [0.717, 1.165) is 29.7 Å². The summed E-state index contributed by atoms with van der Waals surface area (Å²) in [6, 6.07) is 5.69. The Morgan fingerprint density at radius 3 is 2.61 bits per heavy atom. The quantitative estimate of drug-likeness (QED) is 0.784. The lowest BCUT2D eigenvalue weighted by Gasteiger charge is -2.07. The van der Waals surface area contributed by atoms with Crippen molar-refractivity contribution < 1.29 is 0 Å². The van der Waals surface area contributed by atoms with Crippen molar-refractivity contribution in [2.24, 2.45) is 0 Å². The van der Waals surface area contributed by atoms with Crippen molar-refractivity contribution in [3.05, 3.63) is 39.9 Å². The highest BCUT2D eigenvalue weighted by Gasteiger charge is 2.28. The summed E-state index contributed by atoms with van der Waals surface area (Å²) in [5.41, 5.74) is 1.65. The van der Waals surface area contributed by atoms with Crippen LogP contribution < -0.4 is 11.4 Å². The van der Waals surface area contributed by atoms with Crippen LogP contribution in [0.2, 0.25) is 0 Å². The number of nitrogens with zero attached hydrogens (tertiary/aromatic N) is 2. The Morgan fingerprint density at radius 2 is 2.00 bits per heavy atom. The van der Waals surface area contributed by atoms with E-state index in [1.165, 1.54) is 4.68 Å². The number of hydrogen-bond acceptors (Lipinski definition) is 3. The summed E-state index contributed by atoms with van der Waals surface area (Å²) in [4.78, 5) is 16.5. The average molecular weight is 245 g/mol. The molecule has 2 N–H and O–H groups in total. The molecule has 0 bridgehead atoms. The van der Waals surface area contributed by atoms with Crippen LogP contribution in [0.5, 0.6) is 0 Å². The van der Waals surface area contributed by atoms with E-state index in [0.29, 0.717) is 11.3 Å². The van der Waals surface area contributed by atoms with Gasteiger partial charge in [-0.2, -0.15) is 0 Å². The molecular weight excluding hydrogens is 226 g/mol. The monoisotopic (exact) mass is 245 g/mol. The summed E-state index contributed by atoms with van der Waals surface area (Å²) in [6.45, 7) is 5.95. The van der Waals surface area contributed by atoms with Gasteiger partial charge in [0, 0.05) is 5.92 Å². The van der Waals surface area contributed by atoms with Crippen molar-refractivity contribution >= 4 is 10.9 Å². The maximum absolute atomic E-state index is 12.0. The number of nitrogens with two attached hydrogens (primary N) is 1. The number of aryl methyl sites for hydroxylation is 1. The normalized spacial score (nSPS) is 14.2. The molecule has 1 heterocycles. The molecule has 1 aromatic carbocycles. The van der Waals surface area contributed by atoms with Crippen LogP contribution in [0, 0.1) is 6.92 Å². The van der Waals surface area contributed by atoms with E-state index in [1.807, 2.05) is 39.0 Å². The van der Waals surface area contributed by atoms with Crippen LogP contribution in [-0.2, 0) is 0 Å². The molecule has 18 heavy (non-hydrogen) atoms. The van der Waals surface area contributed by atoms with Crippen LogP contribution >= 0.6 is 0 Å². The Hall–Kier alpha value is -1.84. The van der Waals surface area contributed by atoms with Gasteiger partial charge in [-0.25, -0.2) is 9.66 Å². The minimum atomic E-state index is -0.143. The van der Waals surface area contributed by atoms with E-state index in [9.17, 15) is 4.79 Å². The largest absolute Gasteiger partial charge is 0.335 e. The van der Waals surface area contributed by atoms with Crippen molar-refractivity contribution in [3.63, 3.8) is 0 Å². The highest BCUT2D eigenvalue weighted by atomic mass is 16.1. The Morgan fingerprint density at radius 1 is 1.33 bits per heavy atom. The molecule has 1 aromatic heterocycles. The topological polar surface area (TPSA) is 60.9 Å². The third-order valence-corrected chi connectivity index (χ3v) is 3.03. The van der Waals surface area contributed by atoms with Gasteiger partial charge in [-0.05, 0) is 31.9 Å². The van der Waals surface area contributed by atoms with Crippen LogP contribution in [-0.4, -0.2) is 9.66 Å². The number of nitrogen functional groups attached to an aromatic ring is 1. The molecule has 1 aliphatic carbocycles. The molecule has 4 heteroatoms. The molecular formula is C14H19N3O. The second kappa shape index (κ2) is 4.80. The first-order valence-electron chi connectivity index (χ1n) is 6.45. The smallest absolute Gasteiger partial charge is 0.279 e. The van der Waals surface area contributed by atoms with Crippen molar-refractivity contribution in [1.29, 1.82) is 0 Å². The summed E-state index contributed by atoms with van der Waals surface area (Å²) < 4.78 is 1.21. The van der Waals surface area contributed by atoms with Gasteiger partial charge in [0.1, 0.15) is 5.82 Å². The van der Waals surface area contributed by atoms with E-state index >= 15 is 0 Å². The van der Waals surface area contributed by atoms with Gasteiger partial charge in [-0.3, -0.25) is 4.79 Å². The fraction of sp³-hybridized carbons (Fsp3) is 0.429. The summed E-state index contributed by atoms with van der Waals surface area (Å²) in [7, 11) is 0. The Balaban J connectivity index is 0.000000574. The molecule has 3 rings (SSSR count). The number of rotatable bonds is 1. The first-order chi connectivity index (χ1) is 8.66. The van der Waals surface area contributed by atoms with Crippen molar-refractivity contribution in [2.45, 2.75) is 39.5 Å². The lowest BCUT2D eigenvalue weighted by Crippen LogP contribution is -2.31. The predicted molar refractivity (Wildman–Crippen MR) is 74.2 cm³/mol. The maximum atomic E-state index is 12.0. The molecule has 0 aliphatic heterocycles. The van der Waals surface area contributed by atoms with Gasteiger partial charge in [0.15, 0.2) is 0 Å². The van der Waals surface area contributed by atoms with E-state index in [-0.39, 0.29) is 5.56 Å². The van der Waals surface area contributed by atoms with E-state index in [4.69, 9.17) is 5.84 Å². The minimum absolute atomic E-state index is 0.143. The standard InChI is InChI=1S/C12H13N3O.C2H6/c1-7-2-5-10-9(6-7)12(16)15(13)11(14-10)8-3-4-8;1-2/h2,5-6,8H,3-4,13H2,1H3;1-2H3. The Labute approximate surface area is 106 Å². The molecule has 0 radical (unpaired) electrons. The average Bonchev–Trinajstić information content (AvgIpc) is 3.21. The van der Waals surface area contributed by atoms with Crippen LogP contribution in [0.1, 0.15) is 44.0 Å². The first-order valence-corrected chi connectivity index (χ1v) is 6.45. The van der Waals surface area contributed by atoms with Crippen LogP contribution in [0.4, 0.5) is 0 Å². The van der Waals surface area contributed by atoms with Gasteiger partial charge >= 0.3 is 0 Å².